The van der Waals surface area contributed by atoms with Crippen molar-refractivity contribution in [1.82, 2.24) is 4.90 Å². The van der Waals surface area contributed by atoms with Crippen molar-refractivity contribution in [2.45, 2.75) is 4.87 Å². The Bertz CT molecular complexity index is 1000. The molecular weight excluding hydrogens is 321 g/mol. The molecule has 4 heteroatoms. The lowest BCUT2D eigenvalue weighted by atomic mass is 9.92. The van der Waals surface area contributed by atoms with Gasteiger partial charge in [0.15, 0.2) is 0 Å². The third kappa shape index (κ3) is 1.59. The molecule has 2 nitrogen and oxygen atoms in total. The highest BCUT2D eigenvalue weighted by Gasteiger charge is 2.54. The summed E-state index contributed by atoms with van der Waals surface area (Å²) in [6.07, 6.45) is 0. The zero-order chi connectivity index (χ0) is 16.3. The van der Waals surface area contributed by atoms with Gasteiger partial charge in [-0.05, 0) is 17.5 Å². The van der Waals surface area contributed by atoms with Crippen molar-refractivity contribution in [2.75, 3.05) is 12.3 Å². The lowest BCUT2D eigenvalue weighted by Crippen LogP contribution is -2.37. The zero-order valence-corrected chi connectivity index (χ0v) is 13.6. The monoisotopic (exact) mass is 335 g/mol. The van der Waals surface area contributed by atoms with Crippen LogP contribution in [0.4, 0.5) is 4.39 Å². The molecule has 0 radical (unpaired) electrons. The first kappa shape index (κ1) is 14.1. The molecule has 1 atom stereocenters. The number of nitrogens with zero attached hydrogens (tertiary/aromatic N) is 1. The molecule has 118 valence electrons. The van der Waals surface area contributed by atoms with Crippen LogP contribution in [-0.4, -0.2) is 23.1 Å². The molecule has 0 saturated carbocycles. The maximum Gasteiger partial charge on any atom is 0.255 e. The lowest BCUT2D eigenvalue weighted by Gasteiger charge is -2.33. The summed E-state index contributed by atoms with van der Waals surface area (Å²) in [6.45, 7) is 0.712. The van der Waals surface area contributed by atoms with E-state index >= 15 is 0 Å². The van der Waals surface area contributed by atoms with E-state index in [0.717, 1.165) is 27.8 Å². The molecule has 2 aliphatic heterocycles. The second kappa shape index (κ2) is 4.84. The van der Waals surface area contributed by atoms with Crippen LogP contribution in [0, 0.1) is 5.82 Å². The van der Waals surface area contributed by atoms with Gasteiger partial charge >= 0.3 is 0 Å². The molecule has 0 aromatic heterocycles. The molecule has 3 aromatic carbocycles. The molecule has 1 fully saturated rings. The Balaban J connectivity index is 1.89. The third-order valence-electron chi connectivity index (χ3n) is 5.01. The van der Waals surface area contributed by atoms with Crippen molar-refractivity contribution < 1.29 is 9.18 Å². The van der Waals surface area contributed by atoms with Crippen LogP contribution < -0.4 is 0 Å². The van der Waals surface area contributed by atoms with Gasteiger partial charge in [-0.25, -0.2) is 4.39 Å². The second-order valence-corrected chi connectivity index (χ2v) is 7.42. The summed E-state index contributed by atoms with van der Waals surface area (Å²) in [5, 5.41) is 1.48. The molecule has 3 aromatic rings. The third-order valence-corrected chi connectivity index (χ3v) is 6.47. The molecule has 2 heterocycles. The van der Waals surface area contributed by atoms with Crippen molar-refractivity contribution in [3.63, 3.8) is 0 Å². The van der Waals surface area contributed by atoms with Gasteiger partial charge in [-0.3, -0.25) is 4.79 Å². The molecule has 2 aliphatic rings. The van der Waals surface area contributed by atoms with Crippen molar-refractivity contribution in [3.05, 3.63) is 83.2 Å². The number of carbonyl (C=O) groups excluding carboxylic acids is 1. The average molecular weight is 335 g/mol. The minimum atomic E-state index is -0.541. The highest BCUT2D eigenvalue weighted by Crippen LogP contribution is 2.56. The largest absolute Gasteiger partial charge is 0.315 e. The minimum absolute atomic E-state index is 0.0732. The lowest BCUT2D eigenvalue weighted by molar-refractivity contribution is 0.0753. The molecular formula is C20H14FNOS. The fraction of sp³-hybridized carbons (Fsp3) is 0.150. The van der Waals surface area contributed by atoms with E-state index in [1.54, 1.807) is 23.9 Å². The van der Waals surface area contributed by atoms with Gasteiger partial charge in [0.25, 0.3) is 5.91 Å². The smallest absolute Gasteiger partial charge is 0.255 e. The molecule has 0 aliphatic carbocycles. The van der Waals surface area contributed by atoms with Crippen molar-refractivity contribution in [1.29, 1.82) is 0 Å². The molecule has 1 unspecified atom stereocenters. The van der Waals surface area contributed by atoms with Gasteiger partial charge in [0, 0.05) is 34.4 Å². The minimum Gasteiger partial charge on any atom is -0.315 e. The molecule has 0 spiro atoms. The number of rotatable bonds is 1. The predicted molar refractivity (Wildman–Crippen MR) is 94.6 cm³/mol. The van der Waals surface area contributed by atoms with Crippen LogP contribution in [0.1, 0.15) is 21.5 Å². The van der Waals surface area contributed by atoms with Crippen LogP contribution in [-0.2, 0) is 4.87 Å². The first-order valence-electron chi connectivity index (χ1n) is 7.96. The summed E-state index contributed by atoms with van der Waals surface area (Å²) in [5.41, 5.74) is 2.78. The fourth-order valence-electron chi connectivity index (χ4n) is 4.03. The van der Waals surface area contributed by atoms with Gasteiger partial charge in [-0.15, -0.1) is 11.8 Å². The number of amides is 1. The first-order chi connectivity index (χ1) is 11.7. The van der Waals surface area contributed by atoms with E-state index < -0.39 is 4.87 Å². The summed E-state index contributed by atoms with van der Waals surface area (Å²) in [7, 11) is 0. The van der Waals surface area contributed by atoms with E-state index in [2.05, 4.69) is 0 Å². The average Bonchev–Trinajstić information content (AvgIpc) is 3.15. The van der Waals surface area contributed by atoms with Gasteiger partial charge < -0.3 is 4.90 Å². The van der Waals surface area contributed by atoms with Crippen LogP contribution in [0.25, 0.3) is 10.8 Å². The number of hydrogen-bond donors (Lipinski definition) is 0. The van der Waals surface area contributed by atoms with Gasteiger partial charge in [0.1, 0.15) is 10.7 Å². The standard InChI is InChI=1S/C20H14FNOS/c21-18-10-4-6-13-14(18)7-3-9-16(13)20-17-8-2-1-5-15(17)19(23)22(20)11-12-24-20/h1-10H,11-12H2. The van der Waals surface area contributed by atoms with E-state index in [1.807, 2.05) is 47.4 Å². The van der Waals surface area contributed by atoms with Gasteiger partial charge in [0.05, 0.1) is 0 Å². The molecule has 1 saturated heterocycles. The Morgan fingerprint density at radius 2 is 1.67 bits per heavy atom. The van der Waals surface area contributed by atoms with Crippen LogP contribution in [0.5, 0.6) is 0 Å². The van der Waals surface area contributed by atoms with Crippen LogP contribution in [0.3, 0.4) is 0 Å². The Morgan fingerprint density at radius 1 is 0.917 bits per heavy atom. The summed E-state index contributed by atoms with van der Waals surface area (Å²) in [5.74, 6) is 0.730. The number of hydrogen-bond acceptors (Lipinski definition) is 2. The SMILES string of the molecule is O=C1c2ccccc2C2(c3cccc4c(F)cccc34)SCCN12. The van der Waals surface area contributed by atoms with E-state index in [9.17, 15) is 9.18 Å². The number of thioether (sulfide) groups is 1. The van der Waals surface area contributed by atoms with Crippen LogP contribution in [0.15, 0.2) is 60.7 Å². The second-order valence-electron chi connectivity index (χ2n) is 6.14. The van der Waals surface area contributed by atoms with E-state index in [0.29, 0.717) is 11.9 Å². The Kier molecular flexibility index (Phi) is 2.83. The number of halogens is 1. The maximum absolute atomic E-state index is 14.3. The highest BCUT2D eigenvalue weighted by atomic mass is 32.2. The Hall–Kier alpha value is -2.33. The van der Waals surface area contributed by atoms with E-state index in [4.69, 9.17) is 0 Å². The van der Waals surface area contributed by atoms with Gasteiger partial charge in [0.2, 0.25) is 0 Å². The first-order valence-corrected chi connectivity index (χ1v) is 8.95. The van der Waals surface area contributed by atoms with Crippen molar-refractivity contribution in [3.8, 4) is 0 Å². The van der Waals surface area contributed by atoms with E-state index in [-0.39, 0.29) is 11.7 Å². The summed E-state index contributed by atoms with van der Waals surface area (Å²) < 4.78 is 14.3. The summed E-state index contributed by atoms with van der Waals surface area (Å²) in [4.78, 5) is 14.3. The maximum atomic E-state index is 14.3. The molecule has 1 amide bonds. The van der Waals surface area contributed by atoms with E-state index in [1.165, 1.54) is 6.07 Å². The summed E-state index contributed by atoms with van der Waals surface area (Å²) >= 11 is 1.76. The van der Waals surface area contributed by atoms with Crippen LogP contribution in [0.2, 0.25) is 0 Å². The topological polar surface area (TPSA) is 20.3 Å². The normalized spacial score (nSPS) is 22.0. The highest BCUT2D eigenvalue weighted by molar-refractivity contribution is 8.00. The van der Waals surface area contributed by atoms with Gasteiger partial charge in [-0.1, -0.05) is 48.5 Å². The fourth-order valence-corrected chi connectivity index (χ4v) is 5.60. The van der Waals surface area contributed by atoms with Gasteiger partial charge in [-0.2, -0.15) is 0 Å². The Labute approximate surface area is 143 Å². The van der Waals surface area contributed by atoms with Crippen molar-refractivity contribution in [2.24, 2.45) is 0 Å². The quantitative estimate of drug-likeness (QED) is 0.658. The van der Waals surface area contributed by atoms with Crippen LogP contribution >= 0.6 is 11.8 Å². The summed E-state index contributed by atoms with van der Waals surface area (Å²) in [6, 6.07) is 18.7. The molecule has 0 N–H and O–H groups in total. The van der Waals surface area contributed by atoms with Crippen molar-refractivity contribution >= 4 is 28.4 Å². The number of fused-ring (bicyclic) bond motifs is 4. The number of benzene rings is 3. The molecule has 24 heavy (non-hydrogen) atoms. The zero-order valence-electron chi connectivity index (χ0n) is 12.8. The molecule has 5 rings (SSSR count). The molecule has 0 bridgehead atoms. The number of carbonyl (C=O) groups is 1. The Morgan fingerprint density at radius 3 is 2.58 bits per heavy atom. The predicted octanol–water partition coefficient (Wildman–Crippen LogP) is 4.38.